The van der Waals surface area contributed by atoms with Crippen LogP contribution < -0.4 is 5.32 Å². The van der Waals surface area contributed by atoms with E-state index in [4.69, 9.17) is 0 Å². The maximum absolute atomic E-state index is 12.9. The summed E-state index contributed by atoms with van der Waals surface area (Å²) < 4.78 is 0. The molecule has 1 aliphatic heterocycles. The summed E-state index contributed by atoms with van der Waals surface area (Å²) in [7, 11) is 0. The number of hydrogen-bond donors (Lipinski definition) is 3. The molecule has 3 N–H and O–H groups in total. The third-order valence-electron chi connectivity index (χ3n) is 4.45. The average molecular weight is 397 g/mol. The molecule has 0 saturated carbocycles. The van der Waals surface area contributed by atoms with Crippen molar-refractivity contribution in [2.45, 2.75) is 25.6 Å². The number of urea groups is 1. The largest absolute Gasteiger partial charge is 0.480 e. The molecule has 29 heavy (non-hydrogen) atoms. The topological polar surface area (TPSA) is 127 Å². The van der Waals surface area contributed by atoms with Crippen molar-refractivity contribution in [3.8, 4) is 0 Å². The first-order chi connectivity index (χ1) is 13.8. The molecule has 1 unspecified atom stereocenters. The number of benzene rings is 2. The molecule has 0 radical (unpaired) electrons. The number of amides is 4. The number of hydrazine groups is 1. The van der Waals surface area contributed by atoms with Crippen LogP contribution in [0.2, 0.25) is 0 Å². The van der Waals surface area contributed by atoms with Crippen molar-refractivity contribution in [1.82, 2.24) is 15.3 Å². The molecule has 0 saturated heterocycles. The molecule has 9 nitrogen and oxygen atoms in total. The second-order valence-electron chi connectivity index (χ2n) is 6.52. The van der Waals surface area contributed by atoms with Gasteiger partial charge in [0.1, 0.15) is 0 Å². The number of hydrogen-bond acceptors (Lipinski definition) is 5. The van der Waals surface area contributed by atoms with Gasteiger partial charge in [-0.1, -0.05) is 42.5 Å². The molecule has 0 fully saturated rings. The van der Waals surface area contributed by atoms with Crippen LogP contribution >= 0.6 is 0 Å². The molecule has 150 valence electrons. The van der Waals surface area contributed by atoms with Gasteiger partial charge in [0.05, 0.1) is 23.8 Å². The summed E-state index contributed by atoms with van der Waals surface area (Å²) in [6.45, 7) is 1.05. The lowest BCUT2D eigenvalue weighted by Crippen LogP contribution is -2.57. The number of carbonyl (C=O) groups is 4. The van der Waals surface area contributed by atoms with E-state index in [1.807, 2.05) is 0 Å². The molecule has 3 rings (SSSR count). The molecular formula is C20H19N3O6. The molecule has 0 bridgehead atoms. The van der Waals surface area contributed by atoms with Crippen LogP contribution in [0.4, 0.5) is 4.79 Å². The Bertz CT molecular complexity index is 925. The Morgan fingerprint density at radius 1 is 1.00 bits per heavy atom. The van der Waals surface area contributed by atoms with E-state index in [0.29, 0.717) is 10.6 Å². The van der Waals surface area contributed by atoms with Crippen LogP contribution in [0.25, 0.3) is 0 Å². The van der Waals surface area contributed by atoms with Gasteiger partial charge in [-0.2, -0.15) is 5.01 Å². The minimum atomic E-state index is -1.61. The van der Waals surface area contributed by atoms with Crippen LogP contribution in [0.15, 0.2) is 54.6 Å². The van der Waals surface area contributed by atoms with Crippen molar-refractivity contribution in [1.29, 1.82) is 0 Å². The zero-order valence-electron chi connectivity index (χ0n) is 15.5. The Balaban J connectivity index is 1.96. The van der Waals surface area contributed by atoms with E-state index in [1.165, 1.54) is 19.1 Å². The highest BCUT2D eigenvalue weighted by Crippen LogP contribution is 2.25. The highest BCUT2D eigenvalue weighted by Gasteiger charge is 2.42. The minimum Gasteiger partial charge on any atom is -0.480 e. The zero-order chi connectivity index (χ0) is 21.1. The number of carbonyl (C=O) groups excluding carboxylic acids is 3. The van der Waals surface area contributed by atoms with Crippen molar-refractivity contribution < 1.29 is 29.4 Å². The smallest absolute Gasteiger partial charge is 0.337 e. The van der Waals surface area contributed by atoms with Gasteiger partial charge >= 0.3 is 12.0 Å². The van der Waals surface area contributed by atoms with Gasteiger partial charge in [0.25, 0.3) is 11.8 Å². The van der Waals surface area contributed by atoms with Crippen molar-refractivity contribution in [2.75, 3.05) is 0 Å². The number of rotatable bonds is 6. The fraction of sp³-hybridized carbons (Fsp3) is 0.200. The van der Waals surface area contributed by atoms with Crippen LogP contribution in [0.5, 0.6) is 0 Å². The van der Waals surface area contributed by atoms with E-state index in [9.17, 15) is 29.4 Å². The molecule has 2 atom stereocenters. The molecule has 1 aliphatic rings. The quantitative estimate of drug-likeness (QED) is 0.630. The standard InChI is InChI=1S/C20H19N3O6/c1-12(24)16(19(27)28)21-20(29)22(11-13-7-3-2-4-8-13)23-17(25)14-9-5-6-10-15(14)18(23)26/h2-10,12,16,24H,11H2,1H3,(H,21,29)(H,27,28)/t12?,16-/m0/s1. The fourth-order valence-electron chi connectivity index (χ4n) is 2.98. The number of nitrogens with zero attached hydrogens (tertiary/aromatic N) is 2. The lowest BCUT2D eigenvalue weighted by Gasteiger charge is -2.31. The summed E-state index contributed by atoms with van der Waals surface area (Å²) >= 11 is 0. The molecule has 9 heteroatoms. The summed E-state index contributed by atoms with van der Waals surface area (Å²) in [6, 6.07) is 12.1. The van der Waals surface area contributed by atoms with Crippen LogP contribution in [-0.4, -0.2) is 56.2 Å². The monoisotopic (exact) mass is 397 g/mol. The Labute approximate surface area is 166 Å². The molecule has 1 heterocycles. The molecule has 2 aromatic rings. The van der Waals surface area contributed by atoms with Crippen LogP contribution in [0.1, 0.15) is 33.2 Å². The van der Waals surface area contributed by atoms with E-state index in [-0.39, 0.29) is 17.7 Å². The third-order valence-corrected chi connectivity index (χ3v) is 4.45. The van der Waals surface area contributed by atoms with E-state index in [1.54, 1.807) is 42.5 Å². The third kappa shape index (κ3) is 3.94. The van der Waals surface area contributed by atoms with E-state index >= 15 is 0 Å². The van der Waals surface area contributed by atoms with Gasteiger partial charge in [0.2, 0.25) is 0 Å². The van der Waals surface area contributed by atoms with Gasteiger partial charge in [-0.15, -0.1) is 0 Å². The van der Waals surface area contributed by atoms with Gasteiger partial charge in [0, 0.05) is 0 Å². The van der Waals surface area contributed by atoms with E-state index < -0.39 is 36.0 Å². The number of nitrogens with one attached hydrogen (secondary N) is 1. The molecule has 0 aromatic heterocycles. The predicted octanol–water partition coefficient (Wildman–Crippen LogP) is 1.24. The lowest BCUT2D eigenvalue weighted by molar-refractivity contribution is -0.141. The van der Waals surface area contributed by atoms with E-state index in [2.05, 4.69) is 5.32 Å². The van der Waals surface area contributed by atoms with Gasteiger partial charge in [-0.05, 0) is 24.6 Å². The Morgan fingerprint density at radius 3 is 2.00 bits per heavy atom. The first-order valence-corrected chi connectivity index (χ1v) is 8.81. The summed E-state index contributed by atoms with van der Waals surface area (Å²) in [5.74, 6) is -2.84. The first kappa shape index (κ1) is 20.0. The maximum Gasteiger partial charge on any atom is 0.337 e. The summed E-state index contributed by atoms with van der Waals surface area (Å²) in [5, 5.41) is 22.6. The Hall–Kier alpha value is -3.72. The molecule has 2 aromatic carbocycles. The van der Waals surface area contributed by atoms with Crippen molar-refractivity contribution in [3.05, 3.63) is 71.3 Å². The number of carboxylic acid groups (broad SMARTS) is 1. The maximum atomic E-state index is 12.9. The van der Waals surface area contributed by atoms with Crippen molar-refractivity contribution in [3.63, 3.8) is 0 Å². The Kier molecular flexibility index (Phi) is 5.60. The van der Waals surface area contributed by atoms with Crippen LogP contribution in [0, 0.1) is 0 Å². The highest BCUT2D eigenvalue weighted by atomic mass is 16.4. The molecule has 4 amide bonds. The van der Waals surface area contributed by atoms with Gasteiger partial charge in [0.15, 0.2) is 6.04 Å². The first-order valence-electron chi connectivity index (χ1n) is 8.81. The SMILES string of the molecule is CC(O)[C@H](NC(=O)N(Cc1ccccc1)N1C(=O)c2ccccc2C1=O)C(=O)O. The number of carboxylic acids is 1. The second kappa shape index (κ2) is 8.11. The van der Waals surface area contributed by atoms with E-state index in [0.717, 1.165) is 5.01 Å². The average Bonchev–Trinajstić information content (AvgIpc) is 2.95. The highest BCUT2D eigenvalue weighted by molar-refractivity contribution is 6.21. The number of aliphatic hydroxyl groups excluding tert-OH is 1. The molecule has 0 spiro atoms. The second-order valence-corrected chi connectivity index (χ2v) is 6.52. The van der Waals surface area contributed by atoms with Crippen LogP contribution in [0.3, 0.4) is 0 Å². The Morgan fingerprint density at radius 2 is 1.52 bits per heavy atom. The summed E-state index contributed by atoms with van der Waals surface area (Å²) in [6.07, 6.45) is -1.39. The zero-order valence-corrected chi connectivity index (χ0v) is 15.5. The number of fused-ring (bicyclic) bond motifs is 1. The number of imide groups is 1. The van der Waals surface area contributed by atoms with Gasteiger partial charge in [-0.25, -0.2) is 14.6 Å². The molecule has 0 aliphatic carbocycles. The minimum absolute atomic E-state index is 0.147. The predicted molar refractivity (Wildman–Crippen MR) is 101 cm³/mol. The number of aliphatic hydroxyl groups is 1. The molecular weight excluding hydrogens is 378 g/mol. The van der Waals surface area contributed by atoms with Crippen molar-refractivity contribution >= 4 is 23.8 Å². The lowest BCUT2D eigenvalue weighted by atomic mass is 10.1. The van der Waals surface area contributed by atoms with Gasteiger partial charge < -0.3 is 15.5 Å². The summed E-state index contributed by atoms with van der Waals surface area (Å²) in [4.78, 5) is 49.9. The van der Waals surface area contributed by atoms with Gasteiger partial charge in [-0.3, -0.25) is 9.59 Å². The van der Waals surface area contributed by atoms with Crippen LogP contribution in [-0.2, 0) is 11.3 Å². The van der Waals surface area contributed by atoms with Crippen molar-refractivity contribution in [2.24, 2.45) is 0 Å². The fourth-order valence-corrected chi connectivity index (χ4v) is 2.98. The number of aliphatic carboxylic acids is 1. The summed E-state index contributed by atoms with van der Waals surface area (Å²) in [5.41, 5.74) is 0.908. The normalized spacial score (nSPS) is 14.9.